The molecule has 7 rings (SSSR count). The smallest absolute Gasteiger partial charge is 0.241 e. The van der Waals surface area contributed by atoms with Crippen LogP contribution in [0.1, 0.15) is 70.3 Å². The summed E-state index contributed by atoms with van der Waals surface area (Å²) in [6.45, 7) is 4.02. The van der Waals surface area contributed by atoms with Crippen molar-refractivity contribution in [2.24, 2.45) is 29.1 Å². The van der Waals surface area contributed by atoms with Crippen molar-refractivity contribution in [1.82, 2.24) is 4.90 Å². The quantitative estimate of drug-likeness (QED) is 0.376. The number of imide groups is 2. The Morgan fingerprint density at radius 3 is 2.37 bits per heavy atom. The van der Waals surface area contributed by atoms with Gasteiger partial charge < -0.3 is 9.84 Å². The van der Waals surface area contributed by atoms with Gasteiger partial charge in [0.25, 0.3) is 0 Å². The minimum absolute atomic E-state index is 0.0611. The molecule has 2 aromatic carbocycles. The summed E-state index contributed by atoms with van der Waals surface area (Å²) < 4.78 is 5.73. The van der Waals surface area contributed by atoms with E-state index >= 15 is 0 Å². The van der Waals surface area contributed by atoms with Crippen molar-refractivity contribution in [3.8, 4) is 11.5 Å². The van der Waals surface area contributed by atoms with Gasteiger partial charge in [-0.25, -0.2) is 4.90 Å². The van der Waals surface area contributed by atoms with Crippen molar-refractivity contribution in [3.63, 3.8) is 0 Å². The van der Waals surface area contributed by atoms with Crippen LogP contribution in [0.15, 0.2) is 60.2 Å². The van der Waals surface area contributed by atoms with Crippen molar-refractivity contribution >= 4 is 29.3 Å². The van der Waals surface area contributed by atoms with E-state index in [0.717, 1.165) is 37.7 Å². The van der Waals surface area contributed by atoms with E-state index in [1.54, 1.807) is 47.4 Å². The highest BCUT2D eigenvalue weighted by Crippen LogP contribution is 2.65. The van der Waals surface area contributed by atoms with E-state index in [1.165, 1.54) is 4.90 Å². The number of allylic oxidation sites excluding steroid dienone is 2. The van der Waals surface area contributed by atoms with E-state index in [2.05, 4.69) is 0 Å². The van der Waals surface area contributed by atoms with Crippen LogP contribution in [0, 0.1) is 29.1 Å². The Morgan fingerprint density at radius 1 is 0.907 bits per heavy atom. The number of carbonyl (C=O) groups is 4. The van der Waals surface area contributed by atoms with Crippen molar-refractivity contribution in [2.75, 3.05) is 11.5 Å². The maximum Gasteiger partial charge on any atom is 0.241 e. The van der Waals surface area contributed by atoms with Gasteiger partial charge in [0.2, 0.25) is 23.6 Å². The molecule has 0 radical (unpaired) electrons. The van der Waals surface area contributed by atoms with Gasteiger partial charge in [-0.1, -0.05) is 61.2 Å². The van der Waals surface area contributed by atoms with E-state index in [-0.39, 0.29) is 35.4 Å². The van der Waals surface area contributed by atoms with Gasteiger partial charge in [-0.3, -0.25) is 24.1 Å². The zero-order valence-electron chi connectivity index (χ0n) is 24.7. The highest BCUT2D eigenvalue weighted by molar-refractivity contribution is 6.24. The van der Waals surface area contributed by atoms with Crippen molar-refractivity contribution in [2.45, 2.75) is 70.8 Å². The lowest BCUT2D eigenvalue weighted by molar-refractivity contribution is -0.144. The van der Waals surface area contributed by atoms with Crippen LogP contribution in [0.5, 0.6) is 11.5 Å². The van der Waals surface area contributed by atoms with Gasteiger partial charge in [0.1, 0.15) is 0 Å². The average Bonchev–Trinajstić information content (AvgIpc) is 3.39. The molecule has 0 aromatic heterocycles. The summed E-state index contributed by atoms with van der Waals surface area (Å²) in [6.07, 6.45) is 7.54. The zero-order chi connectivity index (χ0) is 30.0. The summed E-state index contributed by atoms with van der Waals surface area (Å²) in [5, 5.41) is 11.5. The predicted molar refractivity (Wildman–Crippen MR) is 159 cm³/mol. The fourth-order valence-electron chi connectivity index (χ4n) is 8.95. The Labute approximate surface area is 251 Å². The Kier molecular flexibility index (Phi) is 6.71. The number of carbonyl (C=O) groups excluding carboxylic acids is 4. The third-order valence-corrected chi connectivity index (χ3v) is 10.9. The van der Waals surface area contributed by atoms with E-state index in [1.807, 2.05) is 26.0 Å². The number of rotatable bonds is 5. The maximum atomic E-state index is 14.5. The molecule has 2 saturated carbocycles. The Hall–Kier alpha value is -3.94. The number of ether oxygens (including phenoxy) is 1. The van der Waals surface area contributed by atoms with Crippen LogP contribution in [0.3, 0.4) is 0 Å². The Balaban J connectivity index is 1.37. The first-order valence-electron chi connectivity index (χ1n) is 15.7. The minimum atomic E-state index is -1.21. The number of amides is 4. The van der Waals surface area contributed by atoms with Gasteiger partial charge >= 0.3 is 0 Å². The minimum Gasteiger partial charge on any atom is -0.504 e. The number of anilines is 1. The van der Waals surface area contributed by atoms with Gasteiger partial charge in [-0.15, -0.1) is 0 Å². The first kappa shape index (κ1) is 27.9. The molecule has 43 heavy (non-hydrogen) atoms. The van der Waals surface area contributed by atoms with Crippen LogP contribution in [0.4, 0.5) is 5.69 Å². The normalized spacial score (nSPS) is 32.4. The molecule has 4 fully saturated rings. The standard InChI is InChI=1S/C35H38N2O6/c1-3-43-27-16-10-15-24(30(27)38)29-22-17-18-23-28(33(41)36(31(23)39)20-11-6-4-7-12-20)25(22)19-26-32(40)37(34(42)35(26,29)2)21-13-8-5-9-14-21/h5,8-10,13-17,20,23,25-26,28-29,38H,3-4,6-7,11-12,18-19H2,1-2H3. The molecule has 2 heterocycles. The first-order valence-corrected chi connectivity index (χ1v) is 15.7. The highest BCUT2D eigenvalue weighted by atomic mass is 16.5. The average molecular weight is 583 g/mol. The molecule has 6 unspecified atom stereocenters. The molecule has 224 valence electrons. The summed E-state index contributed by atoms with van der Waals surface area (Å²) in [4.78, 5) is 59.6. The summed E-state index contributed by atoms with van der Waals surface area (Å²) in [5.74, 6) is -3.44. The molecule has 4 amide bonds. The fraction of sp³-hybridized carbons (Fsp3) is 0.486. The molecule has 3 aliphatic carbocycles. The maximum absolute atomic E-state index is 14.5. The molecular formula is C35H38N2O6. The van der Waals surface area contributed by atoms with Crippen LogP contribution in [0.25, 0.3) is 0 Å². The van der Waals surface area contributed by atoms with E-state index < -0.39 is 35.0 Å². The van der Waals surface area contributed by atoms with Gasteiger partial charge in [0.05, 0.1) is 35.5 Å². The molecule has 8 heteroatoms. The number of hydrogen-bond donors (Lipinski definition) is 1. The zero-order valence-corrected chi connectivity index (χ0v) is 24.7. The SMILES string of the molecule is CCOc1cccc(C2C3=CCC4C(=O)N(C5CCCCC5)C(=O)C4C3CC3C(=O)N(c4ccccc4)C(=O)C32C)c1O. The van der Waals surface area contributed by atoms with Crippen LogP contribution in [-0.2, 0) is 19.2 Å². The summed E-state index contributed by atoms with van der Waals surface area (Å²) in [5.41, 5.74) is 0.667. The number of fused-ring (bicyclic) bond motifs is 4. The number of para-hydroxylation sites is 2. The number of hydrogen-bond acceptors (Lipinski definition) is 6. The van der Waals surface area contributed by atoms with E-state index in [9.17, 15) is 24.3 Å². The summed E-state index contributed by atoms with van der Waals surface area (Å²) >= 11 is 0. The molecular weight excluding hydrogens is 544 g/mol. The number of phenols is 1. The molecule has 6 atom stereocenters. The fourth-order valence-corrected chi connectivity index (χ4v) is 8.95. The Bertz CT molecular complexity index is 1530. The predicted octanol–water partition coefficient (Wildman–Crippen LogP) is 5.35. The van der Waals surface area contributed by atoms with E-state index in [4.69, 9.17) is 4.74 Å². The molecule has 2 aliphatic heterocycles. The topological polar surface area (TPSA) is 104 Å². The lowest BCUT2D eigenvalue weighted by Gasteiger charge is -2.49. The van der Waals surface area contributed by atoms with Crippen molar-refractivity contribution in [3.05, 3.63) is 65.7 Å². The van der Waals surface area contributed by atoms with Gasteiger partial charge in [0, 0.05) is 17.5 Å². The van der Waals surface area contributed by atoms with Crippen LogP contribution >= 0.6 is 0 Å². The molecule has 8 nitrogen and oxygen atoms in total. The molecule has 2 saturated heterocycles. The van der Waals surface area contributed by atoms with E-state index in [0.29, 0.717) is 36.4 Å². The second-order valence-electron chi connectivity index (χ2n) is 13.0. The van der Waals surface area contributed by atoms with Crippen LogP contribution in [-0.4, -0.2) is 46.3 Å². The molecule has 5 aliphatic rings. The number of aromatic hydroxyl groups is 1. The second-order valence-corrected chi connectivity index (χ2v) is 13.0. The molecule has 0 spiro atoms. The van der Waals surface area contributed by atoms with Crippen LogP contribution < -0.4 is 9.64 Å². The monoisotopic (exact) mass is 582 g/mol. The third kappa shape index (κ3) is 3.94. The third-order valence-electron chi connectivity index (χ3n) is 10.9. The molecule has 0 bridgehead atoms. The summed E-state index contributed by atoms with van der Waals surface area (Å²) in [6, 6.07) is 14.1. The molecule has 1 N–H and O–H groups in total. The molecule has 2 aromatic rings. The van der Waals surface area contributed by atoms with Crippen molar-refractivity contribution in [1.29, 1.82) is 0 Å². The Morgan fingerprint density at radius 2 is 1.65 bits per heavy atom. The van der Waals surface area contributed by atoms with Gasteiger partial charge in [-0.2, -0.15) is 0 Å². The lowest BCUT2D eigenvalue weighted by Crippen LogP contribution is -2.49. The number of phenolic OH excluding ortho intramolecular Hbond substituents is 1. The largest absolute Gasteiger partial charge is 0.504 e. The second kappa shape index (κ2) is 10.4. The highest BCUT2D eigenvalue weighted by Gasteiger charge is 2.68. The van der Waals surface area contributed by atoms with Gasteiger partial charge in [-0.05, 0) is 63.6 Å². The first-order chi connectivity index (χ1) is 20.8. The lowest BCUT2D eigenvalue weighted by atomic mass is 9.51. The van der Waals surface area contributed by atoms with Gasteiger partial charge in [0.15, 0.2) is 11.5 Å². The van der Waals surface area contributed by atoms with Crippen LogP contribution in [0.2, 0.25) is 0 Å². The number of benzene rings is 2. The van der Waals surface area contributed by atoms with Crippen molar-refractivity contribution < 1.29 is 29.0 Å². The summed E-state index contributed by atoms with van der Waals surface area (Å²) in [7, 11) is 0. The number of likely N-dealkylation sites (tertiary alicyclic amines) is 1. The number of nitrogens with zero attached hydrogens (tertiary/aromatic N) is 2.